The van der Waals surface area contributed by atoms with E-state index >= 15 is 0 Å². The van der Waals surface area contributed by atoms with Gasteiger partial charge in [0, 0.05) is 63.8 Å². The summed E-state index contributed by atoms with van der Waals surface area (Å²) in [6.07, 6.45) is 9.42. The smallest absolute Gasteiger partial charge is 0.191 e. The lowest BCUT2D eigenvalue weighted by Crippen LogP contribution is -2.69. The number of piperidine rings is 1. The molecule has 3 atom stereocenters. The van der Waals surface area contributed by atoms with Crippen LogP contribution in [0.1, 0.15) is 44.9 Å². The van der Waals surface area contributed by atoms with Crippen molar-refractivity contribution in [2.45, 2.75) is 63.1 Å². The van der Waals surface area contributed by atoms with E-state index in [4.69, 9.17) is 9.47 Å². The molecule has 1 spiro atoms. The minimum Gasteiger partial charge on any atom is -0.383 e. The number of likely N-dealkylation sites (tertiary alicyclic amines) is 1. The van der Waals surface area contributed by atoms with Crippen LogP contribution in [-0.4, -0.2) is 76.1 Å². The Bertz CT molecular complexity index is 504. The molecule has 0 aromatic heterocycles. The average molecular weight is 492 g/mol. The Hall–Kier alpha value is -0.120. The molecule has 3 unspecified atom stereocenters. The van der Waals surface area contributed by atoms with Gasteiger partial charge in [-0.15, -0.1) is 24.0 Å². The minimum atomic E-state index is 0. The Labute approximate surface area is 181 Å². The van der Waals surface area contributed by atoms with Crippen molar-refractivity contribution in [3.8, 4) is 0 Å². The van der Waals surface area contributed by atoms with E-state index in [1.54, 1.807) is 7.11 Å². The molecule has 4 rings (SSSR count). The molecule has 0 amide bonds. The highest BCUT2D eigenvalue weighted by atomic mass is 127. The van der Waals surface area contributed by atoms with Crippen LogP contribution in [0.15, 0.2) is 4.99 Å². The van der Waals surface area contributed by atoms with Crippen molar-refractivity contribution in [1.82, 2.24) is 15.5 Å². The Balaban J connectivity index is 0.00000210. The Morgan fingerprint density at radius 2 is 1.93 bits per heavy atom. The maximum atomic E-state index is 6.11. The molecule has 156 valence electrons. The van der Waals surface area contributed by atoms with Gasteiger partial charge in [0.15, 0.2) is 5.96 Å². The molecule has 2 saturated carbocycles. The van der Waals surface area contributed by atoms with Crippen molar-refractivity contribution in [3.05, 3.63) is 0 Å². The summed E-state index contributed by atoms with van der Waals surface area (Å²) >= 11 is 0. The van der Waals surface area contributed by atoms with Gasteiger partial charge in [0.05, 0.1) is 12.7 Å². The number of ether oxygens (including phenoxy) is 2. The second kappa shape index (κ2) is 9.59. The number of halogens is 1. The molecule has 2 saturated heterocycles. The molecule has 2 aliphatic carbocycles. The van der Waals surface area contributed by atoms with Gasteiger partial charge in [-0.2, -0.15) is 0 Å². The SMILES string of the molecule is CN=C(NC1CCN(CCOC)CC1)NC1C2CCOC2C12CCCC2.I. The lowest BCUT2D eigenvalue weighted by molar-refractivity contribution is -0.125. The van der Waals surface area contributed by atoms with Crippen LogP contribution < -0.4 is 10.6 Å². The molecule has 7 heteroatoms. The first-order valence-corrected chi connectivity index (χ1v) is 10.6. The van der Waals surface area contributed by atoms with Gasteiger partial charge in [-0.1, -0.05) is 12.8 Å². The molecular weight excluding hydrogens is 455 g/mol. The third kappa shape index (κ3) is 4.26. The molecule has 4 aliphatic rings. The number of guanidine groups is 1. The number of rotatable bonds is 5. The van der Waals surface area contributed by atoms with Crippen LogP contribution in [0.4, 0.5) is 0 Å². The van der Waals surface area contributed by atoms with E-state index in [1.807, 2.05) is 7.05 Å². The summed E-state index contributed by atoms with van der Waals surface area (Å²) in [5, 5.41) is 7.53. The van der Waals surface area contributed by atoms with E-state index < -0.39 is 0 Å². The predicted octanol–water partition coefficient (Wildman–Crippen LogP) is 2.23. The molecule has 0 bridgehead atoms. The van der Waals surface area contributed by atoms with Crippen LogP contribution >= 0.6 is 24.0 Å². The molecule has 6 nitrogen and oxygen atoms in total. The van der Waals surface area contributed by atoms with Gasteiger partial charge >= 0.3 is 0 Å². The third-order valence-electron chi connectivity index (χ3n) is 7.34. The fourth-order valence-corrected chi connectivity index (χ4v) is 5.94. The van der Waals surface area contributed by atoms with E-state index in [1.165, 1.54) is 44.9 Å². The number of hydrogen-bond donors (Lipinski definition) is 2. The van der Waals surface area contributed by atoms with Crippen LogP contribution in [0.5, 0.6) is 0 Å². The second-order valence-electron chi connectivity index (χ2n) is 8.63. The zero-order valence-corrected chi connectivity index (χ0v) is 19.2. The van der Waals surface area contributed by atoms with Gasteiger partial charge < -0.3 is 25.0 Å². The largest absolute Gasteiger partial charge is 0.383 e. The first-order valence-electron chi connectivity index (χ1n) is 10.6. The van der Waals surface area contributed by atoms with Crippen molar-refractivity contribution >= 4 is 29.9 Å². The van der Waals surface area contributed by atoms with Gasteiger partial charge in [-0.05, 0) is 32.1 Å². The zero-order chi connectivity index (χ0) is 18.0. The molecule has 2 aliphatic heterocycles. The maximum absolute atomic E-state index is 6.11. The number of nitrogens with zero attached hydrogens (tertiary/aromatic N) is 2. The van der Waals surface area contributed by atoms with Crippen LogP contribution in [0.3, 0.4) is 0 Å². The zero-order valence-electron chi connectivity index (χ0n) is 16.9. The maximum Gasteiger partial charge on any atom is 0.191 e. The highest BCUT2D eigenvalue weighted by Crippen LogP contribution is 2.60. The van der Waals surface area contributed by atoms with Crippen LogP contribution in [0.25, 0.3) is 0 Å². The van der Waals surface area contributed by atoms with Gasteiger partial charge in [0.2, 0.25) is 0 Å². The molecule has 0 radical (unpaired) electrons. The standard InChI is InChI=1S/C20H36N4O2.HI/c1-21-19(22-15-5-10-24(11-6-15)12-14-25-2)23-17-16-7-13-26-18(16)20(17)8-3-4-9-20;/h15-18H,3-14H2,1-2H3,(H2,21,22,23);1H. The van der Waals surface area contributed by atoms with Crippen LogP contribution in [0.2, 0.25) is 0 Å². The van der Waals surface area contributed by atoms with Gasteiger partial charge in [0.1, 0.15) is 0 Å². The fraction of sp³-hybridized carbons (Fsp3) is 0.950. The summed E-state index contributed by atoms with van der Waals surface area (Å²) in [5.74, 6) is 1.68. The normalized spacial score (nSPS) is 33.4. The summed E-state index contributed by atoms with van der Waals surface area (Å²) in [6, 6.07) is 1.07. The van der Waals surface area contributed by atoms with Crippen molar-refractivity contribution in [2.75, 3.05) is 47.0 Å². The second-order valence-corrected chi connectivity index (χ2v) is 8.63. The number of aliphatic imine (C=N–C) groups is 1. The van der Waals surface area contributed by atoms with Gasteiger partial charge in [0.25, 0.3) is 0 Å². The van der Waals surface area contributed by atoms with Crippen molar-refractivity contribution in [1.29, 1.82) is 0 Å². The van der Waals surface area contributed by atoms with Gasteiger partial charge in [-0.3, -0.25) is 4.99 Å². The molecule has 27 heavy (non-hydrogen) atoms. The number of nitrogens with one attached hydrogen (secondary N) is 2. The lowest BCUT2D eigenvalue weighted by atomic mass is 9.54. The lowest BCUT2D eigenvalue weighted by Gasteiger charge is -2.57. The Morgan fingerprint density at radius 1 is 1.19 bits per heavy atom. The van der Waals surface area contributed by atoms with E-state index in [2.05, 4.69) is 20.5 Å². The highest BCUT2D eigenvalue weighted by Gasteiger charge is 2.65. The van der Waals surface area contributed by atoms with Gasteiger partial charge in [-0.25, -0.2) is 0 Å². The Kier molecular flexibility index (Phi) is 7.66. The summed E-state index contributed by atoms with van der Waals surface area (Å²) in [6.45, 7) is 5.11. The van der Waals surface area contributed by atoms with E-state index in [-0.39, 0.29) is 24.0 Å². The van der Waals surface area contributed by atoms with E-state index in [9.17, 15) is 0 Å². The molecular formula is C20H37IN4O2. The monoisotopic (exact) mass is 492 g/mol. The summed E-state index contributed by atoms with van der Waals surface area (Å²) in [4.78, 5) is 7.06. The Morgan fingerprint density at radius 3 is 2.59 bits per heavy atom. The topological polar surface area (TPSA) is 58.1 Å². The number of fused-ring (bicyclic) bond motifs is 2. The van der Waals surface area contributed by atoms with E-state index in [0.29, 0.717) is 29.5 Å². The number of methoxy groups -OCH3 is 1. The first kappa shape index (κ1) is 21.6. The summed E-state index contributed by atoms with van der Waals surface area (Å²) in [5.41, 5.74) is 0.377. The molecule has 2 heterocycles. The van der Waals surface area contributed by atoms with Crippen molar-refractivity contribution in [3.63, 3.8) is 0 Å². The molecule has 0 aromatic rings. The minimum absolute atomic E-state index is 0. The van der Waals surface area contributed by atoms with E-state index in [0.717, 1.165) is 38.8 Å². The summed E-state index contributed by atoms with van der Waals surface area (Å²) in [7, 11) is 3.69. The summed E-state index contributed by atoms with van der Waals surface area (Å²) < 4.78 is 11.3. The number of hydrogen-bond acceptors (Lipinski definition) is 4. The van der Waals surface area contributed by atoms with Crippen LogP contribution in [-0.2, 0) is 9.47 Å². The van der Waals surface area contributed by atoms with Crippen molar-refractivity contribution < 1.29 is 9.47 Å². The van der Waals surface area contributed by atoms with Crippen LogP contribution in [0, 0.1) is 11.3 Å². The quantitative estimate of drug-likeness (QED) is 0.350. The molecule has 4 fully saturated rings. The molecule has 0 aromatic carbocycles. The van der Waals surface area contributed by atoms with Crippen molar-refractivity contribution in [2.24, 2.45) is 16.3 Å². The fourth-order valence-electron chi connectivity index (χ4n) is 5.94. The third-order valence-corrected chi connectivity index (χ3v) is 7.34. The predicted molar refractivity (Wildman–Crippen MR) is 119 cm³/mol. The molecule has 2 N–H and O–H groups in total. The first-order chi connectivity index (χ1) is 12.8. The highest BCUT2D eigenvalue weighted by molar-refractivity contribution is 14.0. The average Bonchev–Trinajstić information content (AvgIpc) is 3.33.